The van der Waals surface area contributed by atoms with Crippen molar-refractivity contribution in [3.05, 3.63) is 52.3 Å². The number of piperidine rings is 1. The minimum absolute atomic E-state index is 0.0454. The molecular weight excluding hydrogens is 547 g/mol. The monoisotopic (exact) mass is 574 g/mol. The SMILES string of the molecule is C=C(/N=C(/CCC(=O)N1CCC2(CC1)CN/C(=N\C(=O)c1nc(Cl)c(N)nc1N)N2)ON)c1ccc(Cl)cc1. The number of nitrogen functional groups attached to an aromatic ring is 2. The molecule has 2 aromatic rings. The van der Waals surface area contributed by atoms with Crippen molar-refractivity contribution in [2.45, 2.75) is 31.2 Å². The van der Waals surface area contributed by atoms with E-state index in [-0.39, 0.29) is 58.6 Å². The molecule has 0 unspecified atom stereocenters. The molecule has 3 heterocycles. The van der Waals surface area contributed by atoms with Crippen LogP contribution in [0.3, 0.4) is 0 Å². The molecule has 206 valence electrons. The van der Waals surface area contributed by atoms with Gasteiger partial charge in [0.2, 0.25) is 11.8 Å². The quantitative estimate of drug-likeness (QED) is 0.192. The van der Waals surface area contributed by atoms with Gasteiger partial charge in [0.15, 0.2) is 28.4 Å². The van der Waals surface area contributed by atoms with Gasteiger partial charge in [-0.15, -0.1) is 0 Å². The number of carbonyl (C=O) groups is 2. The summed E-state index contributed by atoms with van der Waals surface area (Å²) in [7, 11) is 0. The molecule has 0 saturated carbocycles. The van der Waals surface area contributed by atoms with Crippen molar-refractivity contribution < 1.29 is 14.4 Å². The predicted molar refractivity (Wildman–Crippen MR) is 150 cm³/mol. The number of hydrogen-bond donors (Lipinski definition) is 5. The molecule has 0 atom stereocenters. The number of nitrogens with two attached hydrogens (primary N) is 3. The minimum Gasteiger partial charge on any atom is -0.396 e. The Hall–Kier alpha value is -3.94. The van der Waals surface area contributed by atoms with E-state index in [9.17, 15) is 9.59 Å². The number of rotatable bonds is 6. The number of hydrogen-bond acceptors (Lipinski definition) is 9. The van der Waals surface area contributed by atoms with E-state index in [1.807, 2.05) is 0 Å². The number of likely N-dealkylation sites (tertiary alicyclic amines) is 1. The average Bonchev–Trinajstić information content (AvgIpc) is 3.30. The second-order valence-corrected chi connectivity index (χ2v) is 9.91. The summed E-state index contributed by atoms with van der Waals surface area (Å²) in [6.07, 6.45) is 1.70. The van der Waals surface area contributed by atoms with Crippen LogP contribution in [0, 0.1) is 0 Å². The normalized spacial score (nSPS) is 17.6. The molecule has 2 aliphatic heterocycles. The van der Waals surface area contributed by atoms with Crippen LogP contribution in [0.5, 0.6) is 0 Å². The molecule has 0 bridgehead atoms. The summed E-state index contributed by atoms with van der Waals surface area (Å²) in [6.45, 7) is 5.51. The molecule has 13 nitrogen and oxygen atoms in total. The molecule has 1 aromatic carbocycles. The van der Waals surface area contributed by atoms with Crippen molar-refractivity contribution in [2.24, 2.45) is 15.9 Å². The highest BCUT2D eigenvalue weighted by atomic mass is 35.5. The fourth-order valence-electron chi connectivity index (χ4n) is 4.27. The number of carbonyl (C=O) groups excluding carboxylic acids is 2. The third-order valence-corrected chi connectivity index (χ3v) is 7.03. The van der Waals surface area contributed by atoms with Gasteiger partial charge >= 0.3 is 5.91 Å². The minimum atomic E-state index is -0.708. The zero-order chi connectivity index (χ0) is 28.2. The third-order valence-electron chi connectivity index (χ3n) is 6.50. The number of nitrogens with zero attached hydrogens (tertiary/aromatic N) is 5. The predicted octanol–water partition coefficient (Wildman–Crippen LogP) is 1.74. The summed E-state index contributed by atoms with van der Waals surface area (Å²) < 4.78 is 0. The van der Waals surface area contributed by atoms with Crippen LogP contribution in [0.1, 0.15) is 41.7 Å². The van der Waals surface area contributed by atoms with E-state index < -0.39 is 5.91 Å². The van der Waals surface area contributed by atoms with Gasteiger partial charge in [0.25, 0.3) is 0 Å². The summed E-state index contributed by atoms with van der Waals surface area (Å²) in [5.41, 5.74) is 12.0. The lowest BCUT2D eigenvalue weighted by molar-refractivity contribution is -0.132. The van der Waals surface area contributed by atoms with Crippen LogP contribution in [-0.2, 0) is 9.63 Å². The molecule has 2 aliphatic rings. The van der Waals surface area contributed by atoms with Crippen LogP contribution in [0.2, 0.25) is 10.2 Å². The summed E-state index contributed by atoms with van der Waals surface area (Å²) in [5.74, 6) is 4.89. The van der Waals surface area contributed by atoms with Crippen molar-refractivity contribution in [3.8, 4) is 0 Å². The lowest BCUT2D eigenvalue weighted by atomic mass is 9.88. The maximum absolute atomic E-state index is 12.9. The molecule has 8 N–H and O–H groups in total. The van der Waals surface area contributed by atoms with Crippen LogP contribution in [0.25, 0.3) is 5.70 Å². The van der Waals surface area contributed by atoms with Crippen LogP contribution in [-0.4, -0.2) is 63.7 Å². The van der Waals surface area contributed by atoms with Gasteiger partial charge in [0.05, 0.1) is 11.2 Å². The Kier molecular flexibility index (Phi) is 8.53. The van der Waals surface area contributed by atoms with Crippen LogP contribution < -0.4 is 28.0 Å². The van der Waals surface area contributed by atoms with E-state index in [1.54, 1.807) is 29.2 Å². The first kappa shape index (κ1) is 28.1. The zero-order valence-electron chi connectivity index (χ0n) is 20.9. The second-order valence-electron chi connectivity index (χ2n) is 9.12. The number of aromatic nitrogens is 2. The number of nitrogens with one attached hydrogen (secondary N) is 2. The van der Waals surface area contributed by atoms with Gasteiger partial charge in [-0.2, -0.15) is 10.9 Å². The first-order chi connectivity index (χ1) is 18.6. The topological polar surface area (TPSA) is 199 Å². The first-order valence-electron chi connectivity index (χ1n) is 12.0. The first-order valence-corrected chi connectivity index (χ1v) is 12.8. The zero-order valence-corrected chi connectivity index (χ0v) is 22.4. The van der Waals surface area contributed by atoms with Crippen molar-refractivity contribution in [3.63, 3.8) is 0 Å². The van der Waals surface area contributed by atoms with Crippen LogP contribution >= 0.6 is 23.2 Å². The summed E-state index contributed by atoms with van der Waals surface area (Å²) in [4.78, 5) is 48.1. The molecule has 1 aromatic heterocycles. The smallest absolute Gasteiger partial charge is 0.302 e. The van der Waals surface area contributed by atoms with E-state index in [0.717, 1.165) is 5.56 Å². The molecule has 39 heavy (non-hydrogen) atoms. The fourth-order valence-corrected chi connectivity index (χ4v) is 4.52. The molecule has 1 spiro atoms. The number of benzene rings is 1. The Morgan fingerprint density at radius 2 is 1.79 bits per heavy atom. The number of amides is 2. The van der Waals surface area contributed by atoms with Crippen molar-refractivity contribution >= 4 is 64.2 Å². The third kappa shape index (κ3) is 6.74. The molecule has 0 aliphatic carbocycles. The Morgan fingerprint density at radius 1 is 1.10 bits per heavy atom. The Balaban J connectivity index is 1.29. The average molecular weight is 575 g/mol. The summed E-state index contributed by atoms with van der Waals surface area (Å²) in [6, 6.07) is 7.03. The lowest BCUT2D eigenvalue weighted by Gasteiger charge is -2.38. The molecule has 2 fully saturated rings. The maximum Gasteiger partial charge on any atom is 0.302 e. The Morgan fingerprint density at radius 3 is 2.46 bits per heavy atom. The van der Waals surface area contributed by atoms with Crippen molar-refractivity contribution in [1.29, 1.82) is 0 Å². The summed E-state index contributed by atoms with van der Waals surface area (Å²) >= 11 is 11.8. The van der Waals surface area contributed by atoms with Gasteiger partial charge < -0.3 is 31.8 Å². The molecule has 4 rings (SSSR count). The maximum atomic E-state index is 12.9. The Bertz CT molecular complexity index is 1340. The second kappa shape index (κ2) is 11.8. The molecule has 2 saturated heterocycles. The van der Waals surface area contributed by atoms with Crippen molar-refractivity contribution in [2.75, 3.05) is 31.1 Å². The number of aliphatic imine (C=N–C) groups is 2. The van der Waals surface area contributed by atoms with Crippen LogP contribution in [0.15, 0.2) is 40.8 Å². The highest BCUT2D eigenvalue weighted by Gasteiger charge is 2.40. The van der Waals surface area contributed by atoms with E-state index in [1.165, 1.54) is 0 Å². The van der Waals surface area contributed by atoms with Crippen LogP contribution in [0.4, 0.5) is 11.6 Å². The van der Waals surface area contributed by atoms with Gasteiger partial charge in [-0.3, -0.25) is 9.59 Å². The molecular formula is C24H28Cl2N10O3. The standard InChI is InChI=1S/C24H28Cl2N10O3/c1-13(14-2-4-15(25)5-3-14)31-16(39-29)6-7-17(37)36-10-8-24(9-11-36)12-30-23(35-24)34-22(38)18-20(27)33-21(28)19(26)32-18/h2-5H,1,6-12,29H2,(H4,27,28,33)(H2,30,34,35,38)/b31-16-. The van der Waals surface area contributed by atoms with Gasteiger partial charge in [-0.05, 0) is 30.5 Å². The lowest BCUT2D eigenvalue weighted by Crippen LogP contribution is -2.53. The number of halogens is 2. The van der Waals surface area contributed by atoms with Gasteiger partial charge in [0, 0.05) is 37.5 Å². The largest absolute Gasteiger partial charge is 0.396 e. The summed E-state index contributed by atoms with van der Waals surface area (Å²) in [5, 5.41) is 6.84. The van der Waals surface area contributed by atoms with E-state index in [2.05, 4.69) is 37.2 Å². The molecule has 15 heteroatoms. The molecule has 0 radical (unpaired) electrons. The van der Waals surface area contributed by atoms with E-state index in [4.69, 9.17) is 45.4 Å². The molecule has 2 amide bonds. The van der Waals surface area contributed by atoms with Crippen molar-refractivity contribution in [1.82, 2.24) is 25.5 Å². The van der Waals surface area contributed by atoms with E-state index >= 15 is 0 Å². The number of anilines is 2. The fraction of sp³-hybridized carbons (Fsp3) is 0.333. The van der Waals surface area contributed by atoms with Gasteiger partial charge in [0.1, 0.15) is 0 Å². The highest BCUT2D eigenvalue weighted by molar-refractivity contribution is 6.31. The van der Waals surface area contributed by atoms with Gasteiger partial charge in [-0.1, -0.05) is 41.9 Å². The van der Waals surface area contributed by atoms with E-state index in [0.29, 0.717) is 43.2 Å². The number of guanidine groups is 1. The Labute approximate surface area is 234 Å². The van der Waals surface area contributed by atoms with Gasteiger partial charge in [-0.25, -0.2) is 15.0 Å². The highest BCUT2D eigenvalue weighted by Crippen LogP contribution is 2.26.